The SMILES string of the molecule is CCN(Cc1cc(C(F)(F)F)ccc1-c1cc(C(C)C(=O)O)cc(C(F)(F)F)c1)C(C)=O. The normalized spacial score (nSPS) is 13.0. The first-order chi connectivity index (χ1) is 14.6. The zero-order chi connectivity index (χ0) is 24.4. The first-order valence-corrected chi connectivity index (χ1v) is 9.56. The number of aliphatic carboxylic acids is 1. The molecule has 1 atom stereocenters. The molecule has 2 aromatic rings. The fraction of sp³-hybridized carbons (Fsp3) is 0.364. The standard InChI is InChI=1S/C22H21F6NO3/c1-4-29(13(3)30)11-16-10-17(21(23,24)25)5-6-19(16)15-7-14(12(2)20(31)32)8-18(9-15)22(26,27)28/h5-10,12H,4,11H2,1-3H3,(H,31,32). The number of benzene rings is 2. The number of hydrogen-bond acceptors (Lipinski definition) is 2. The van der Waals surface area contributed by atoms with Crippen LogP contribution >= 0.6 is 0 Å². The van der Waals surface area contributed by atoms with Gasteiger partial charge < -0.3 is 10.0 Å². The Bertz CT molecular complexity index is 1010. The minimum absolute atomic E-state index is 0.00914. The molecule has 4 nitrogen and oxygen atoms in total. The molecule has 0 aliphatic rings. The number of nitrogens with zero attached hydrogens (tertiary/aromatic N) is 1. The van der Waals surface area contributed by atoms with Crippen molar-refractivity contribution in [3.05, 3.63) is 58.7 Å². The van der Waals surface area contributed by atoms with Crippen molar-refractivity contribution in [3.63, 3.8) is 0 Å². The minimum Gasteiger partial charge on any atom is -0.481 e. The fourth-order valence-electron chi connectivity index (χ4n) is 3.20. The molecule has 0 aliphatic heterocycles. The average Bonchev–Trinajstić information content (AvgIpc) is 2.69. The lowest BCUT2D eigenvalue weighted by Crippen LogP contribution is -2.28. The lowest BCUT2D eigenvalue weighted by molar-refractivity contribution is -0.139. The van der Waals surface area contributed by atoms with Gasteiger partial charge in [0.2, 0.25) is 5.91 Å². The van der Waals surface area contributed by atoms with E-state index in [0.717, 1.165) is 24.3 Å². The van der Waals surface area contributed by atoms with Crippen LogP contribution in [0.2, 0.25) is 0 Å². The summed E-state index contributed by atoms with van der Waals surface area (Å²) in [6, 6.07) is 5.25. The molecule has 174 valence electrons. The summed E-state index contributed by atoms with van der Waals surface area (Å²) in [6.07, 6.45) is -9.50. The highest BCUT2D eigenvalue weighted by Gasteiger charge is 2.34. The van der Waals surface area contributed by atoms with Crippen molar-refractivity contribution in [2.75, 3.05) is 6.54 Å². The van der Waals surface area contributed by atoms with Crippen molar-refractivity contribution in [3.8, 4) is 11.1 Å². The molecule has 1 N–H and O–H groups in total. The molecule has 0 saturated heterocycles. The molecule has 2 rings (SSSR count). The van der Waals surface area contributed by atoms with Crippen LogP contribution in [0.3, 0.4) is 0 Å². The number of carboxylic acids is 1. The maximum atomic E-state index is 13.5. The Morgan fingerprint density at radius 2 is 1.56 bits per heavy atom. The molecule has 1 unspecified atom stereocenters. The molecule has 0 bridgehead atoms. The number of halogens is 6. The van der Waals surface area contributed by atoms with E-state index in [1.165, 1.54) is 24.8 Å². The summed E-state index contributed by atoms with van der Waals surface area (Å²) in [5.74, 6) is -3.05. The molecule has 0 aromatic heterocycles. The largest absolute Gasteiger partial charge is 0.481 e. The summed E-state index contributed by atoms with van der Waals surface area (Å²) in [7, 11) is 0. The van der Waals surface area contributed by atoms with Crippen molar-refractivity contribution in [2.45, 2.75) is 45.6 Å². The lowest BCUT2D eigenvalue weighted by Gasteiger charge is -2.23. The molecule has 0 spiro atoms. The van der Waals surface area contributed by atoms with Crippen LogP contribution in [-0.2, 0) is 28.5 Å². The number of carbonyl (C=O) groups is 2. The quantitative estimate of drug-likeness (QED) is 0.541. The van der Waals surface area contributed by atoms with E-state index in [9.17, 15) is 41.0 Å². The Labute approximate surface area is 180 Å². The van der Waals surface area contributed by atoms with Gasteiger partial charge >= 0.3 is 18.3 Å². The summed E-state index contributed by atoms with van der Waals surface area (Å²) in [5, 5.41) is 9.23. The number of carboxylic acid groups (broad SMARTS) is 1. The van der Waals surface area contributed by atoms with Gasteiger partial charge in [0.05, 0.1) is 17.0 Å². The number of hydrogen-bond donors (Lipinski definition) is 1. The van der Waals surface area contributed by atoms with Gasteiger partial charge in [-0.15, -0.1) is 0 Å². The molecule has 0 heterocycles. The summed E-state index contributed by atoms with van der Waals surface area (Å²) < 4.78 is 80.2. The average molecular weight is 461 g/mol. The van der Waals surface area contributed by atoms with Crippen LogP contribution in [0.1, 0.15) is 48.9 Å². The summed E-state index contributed by atoms with van der Waals surface area (Å²) in [6.45, 7) is 3.98. The van der Waals surface area contributed by atoms with Crippen molar-refractivity contribution in [1.82, 2.24) is 4.90 Å². The van der Waals surface area contributed by atoms with Crippen LogP contribution in [0, 0.1) is 0 Å². The third-order valence-corrected chi connectivity index (χ3v) is 5.08. The van der Waals surface area contributed by atoms with Crippen molar-refractivity contribution >= 4 is 11.9 Å². The first kappa shape index (κ1) is 25.2. The molecular weight excluding hydrogens is 440 g/mol. The molecule has 0 aliphatic carbocycles. The zero-order valence-corrected chi connectivity index (χ0v) is 17.4. The van der Waals surface area contributed by atoms with Gasteiger partial charge in [-0.1, -0.05) is 12.1 Å². The van der Waals surface area contributed by atoms with Gasteiger partial charge in [0.15, 0.2) is 0 Å². The lowest BCUT2D eigenvalue weighted by atomic mass is 9.90. The van der Waals surface area contributed by atoms with Crippen LogP contribution < -0.4 is 0 Å². The number of alkyl halides is 6. The zero-order valence-electron chi connectivity index (χ0n) is 17.4. The van der Waals surface area contributed by atoms with Gasteiger partial charge in [0, 0.05) is 20.0 Å². The third-order valence-electron chi connectivity index (χ3n) is 5.08. The van der Waals surface area contributed by atoms with E-state index in [4.69, 9.17) is 0 Å². The van der Waals surface area contributed by atoms with Crippen LogP contribution in [-0.4, -0.2) is 28.4 Å². The maximum absolute atomic E-state index is 13.5. The second-order valence-corrected chi connectivity index (χ2v) is 7.30. The number of carbonyl (C=O) groups excluding carboxylic acids is 1. The Kier molecular flexibility index (Phi) is 7.26. The van der Waals surface area contributed by atoms with Gasteiger partial charge in [0.25, 0.3) is 0 Å². The van der Waals surface area contributed by atoms with E-state index < -0.39 is 41.3 Å². The first-order valence-electron chi connectivity index (χ1n) is 9.56. The molecule has 0 radical (unpaired) electrons. The van der Waals surface area contributed by atoms with Crippen LogP contribution in [0.15, 0.2) is 36.4 Å². The predicted octanol–water partition coefficient (Wildman–Crippen LogP) is 5.95. The van der Waals surface area contributed by atoms with Gasteiger partial charge in [-0.3, -0.25) is 9.59 Å². The molecule has 0 saturated carbocycles. The van der Waals surface area contributed by atoms with Gasteiger partial charge in [-0.2, -0.15) is 26.3 Å². The van der Waals surface area contributed by atoms with Gasteiger partial charge in [-0.25, -0.2) is 0 Å². The van der Waals surface area contributed by atoms with Crippen molar-refractivity contribution in [2.24, 2.45) is 0 Å². The van der Waals surface area contributed by atoms with Gasteiger partial charge in [-0.05, 0) is 60.4 Å². The Morgan fingerprint density at radius 1 is 0.969 bits per heavy atom. The Balaban J connectivity index is 2.78. The maximum Gasteiger partial charge on any atom is 0.416 e. The monoisotopic (exact) mass is 461 g/mol. The van der Waals surface area contributed by atoms with Crippen LogP contribution in [0.4, 0.5) is 26.3 Å². The summed E-state index contributed by atoms with van der Waals surface area (Å²) >= 11 is 0. The van der Waals surface area contributed by atoms with Crippen LogP contribution in [0.25, 0.3) is 11.1 Å². The molecule has 0 fully saturated rings. The number of amides is 1. The topological polar surface area (TPSA) is 57.6 Å². The molecular formula is C22H21F6NO3. The molecule has 2 aromatic carbocycles. The van der Waals surface area contributed by atoms with E-state index >= 15 is 0 Å². The van der Waals surface area contributed by atoms with E-state index in [1.807, 2.05) is 0 Å². The van der Waals surface area contributed by atoms with Crippen molar-refractivity contribution in [1.29, 1.82) is 0 Å². The second-order valence-electron chi connectivity index (χ2n) is 7.30. The van der Waals surface area contributed by atoms with E-state index in [2.05, 4.69) is 0 Å². The van der Waals surface area contributed by atoms with E-state index in [1.54, 1.807) is 6.92 Å². The van der Waals surface area contributed by atoms with E-state index in [-0.39, 0.29) is 35.3 Å². The smallest absolute Gasteiger partial charge is 0.416 e. The second kappa shape index (κ2) is 9.22. The predicted molar refractivity (Wildman–Crippen MR) is 105 cm³/mol. The minimum atomic E-state index is -4.80. The number of rotatable bonds is 6. The van der Waals surface area contributed by atoms with Crippen molar-refractivity contribution < 1.29 is 41.0 Å². The Hall–Kier alpha value is -3.04. The van der Waals surface area contributed by atoms with E-state index in [0.29, 0.717) is 6.07 Å². The van der Waals surface area contributed by atoms with Gasteiger partial charge in [0.1, 0.15) is 0 Å². The van der Waals surface area contributed by atoms with Crippen LogP contribution in [0.5, 0.6) is 0 Å². The highest BCUT2D eigenvalue weighted by Crippen LogP contribution is 2.38. The molecule has 32 heavy (non-hydrogen) atoms. The summed E-state index contributed by atoms with van der Waals surface area (Å²) in [4.78, 5) is 24.4. The Morgan fingerprint density at radius 3 is 2.03 bits per heavy atom. The fourth-order valence-corrected chi connectivity index (χ4v) is 3.20. The summed E-state index contributed by atoms with van der Waals surface area (Å²) in [5.41, 5.74) is -2.34. The third kappa shape index (κ3) is 5.80. The molecule has 1 amide bonds. The highest BCUT2D eigenvalue weighted by atomic mass is 19.4. The molecule has 10 heteroatoms. The highest BCUT2D eigenvalue weighted by molar-refractivity contribution is 5.78.